The largest absolute Gasteiger partial charge is 0.396 e. The Bertz CT molecular complexity index is 924. The van der Waals surface area contributed by atoms with Gasteiger partial charge in [0.15, 0.2) is 0 Å². The molecule has 0 aliphatic carbocycles. The first-order valence-electron chi connectivity index (χ1n) is 9.12. The van der Waals surface area contributed by atoms with Gasteiger partial charge < -0.3 is 16.4 Å². The molecule has 3 aromatic rings. The molecule has 1 amide bonds. The zero-order valence-electron chi connectivity index (χ0n) is 15.0. The number of nitrogens with one attached hydrogen (secondary N) is 2. The smallest absolute Gasteiger partial charge is 0.255 e. The van der Waals surface area contributed by atoms with Crippen molar-refractivity contribution in [2.45, 2.75) is 19.4 Å². The van der Waals surface area contributed by atoms with E-state index in [1.807, 2.05) is 23.0 Å². The Balaban J connectivity index is 1.42. The highest BCUT2D eigenvalue weighted by molar-refractivity contribution is 6.04. The fourth-order valence-corrected chi connectivity index (χ4v) is 3.33. The number of hydrogen-bond acceptors (Lipinski definition) is 5. The summed E-state index contributed by atoms with van der Waals surface area (Å²) >= 11 is 0. The lowest BCUT2D eigenvalue weighted by molar-refractivity contribution is 0.102. The maximum Gasteiger partial charge on any atom is 0.255 e. The van der Waals surface area contributed by atoms with Crippen molar-refractivity contribution in [1.29, 1.82) is 0 Å². The number of carbonyl (C=O) groups is 1. The Labute approximate surface area is 157 Å². The molecule has 1 saturated heterocycles. The Morgan fingerprint density at radius 1 is 1.22 bits per heavy atom. The number of nitrogen functional groups attached to an aromatic ring is 1. The fourth-order valence-electron chi connectivity index (χ4n) is 3.33. The van der Waals surface area contributed by atoms with Gasteiger partial charge in [0.2, 0.25) is 0 Å². The van der Waals surface area contributed by atoms with Crippen LogP contribution in [0.4, 0.5) is 11.4 Å². The Kier molecular flexibility index (Phi) is 4.88. The van der Waals surface area contributed by atoms with Gasteiger partial charge in [-0.25, -0.2) is 4.68 Å². The van der Waals surface area contributed by atoms with Crippen LogP contribution in [0.5, 0.6) is 0 Å². The van der Waals surface area contributed by atoms with Crippen LogP contribution in [0.15, 0.2) is 49.1 Å². The molecule has 2 aromatic heterocycles. The summed E-state index contributed by atoms with van der Waals surface area (Å²) in [6, 6.07) is 7.25. The molecule has 1 aliphatic heterocycles. The molecule has 8 heteroatoms. The van der Waals surface area contributed by atoms with Gasteiger partial charge in [-0.1, -0.05) is 6.07 Å². The molecule has 4 rings (SSSR count). The van der Waals surface area contributed by atoms with E-state index in [2.05, 4.69) is 20.8 Å². The SMILES string of the molecule is Nc1cnn(-c2cccc(C(=O)Nc3cnn(CC4CCNCC4)c3)c2)c1. The van der Waals surface area contributed by atoms with Gasteiger partial charge in [0.1, 0.15) is 0 Å². The minimum atomic E-state index is -0.182. The third kappa shape index (κ3) is 4.17. The van der Waals surface area contributed by atoms with Gasteiger partial charge in [0, 0.05) is 18.3 Å². The summed E-state index contributed by atoms with van der Waals surface area (Å²) in [5.74, 6) is 0.450. The van der Waals surface area contributed by atoms with Crippen LogP contribution in [0.25, 0.3) is 5.69 Å². The second kappa shape index (κ2) is 7.63. The Morgan fingerprint density at radius 3 is 2.85 bits per heavy atom. The van der Waals surface area contributed by atoms with E-state index < -0.39 is 0 Å². The van der Waals surface area contributed by atoms with Crippen LogP contribution < -0.4 is 16.4 Å². The van der Waals surface area contributed by atoms with Crippen LogP contribution in [0, 0.1) is 5.92 Å². The van der Waals surface area contributed by atoms with Gasteiger partial charge in [0.05, 0.1) is 35.7 Å². The lowest BCUT2D eigenvalue weighted by atomic mass is 9.98. The summed E-state index contributed by atoms with van der Waals surface area (Å²) in [5, 5.41) is 14.8. The number of piperidine rings is 1. The van der Waals surface area contributed by atoms with Crippen molar-refractivity contribution in [2.24, 2.45) is 5.92 Å². The first-order valence-corrected chi connectivity index (χ1v) is 9.12. The molecule has 0 bridgehead atoms. The second-order valence-corrected chi connectivity index (χ2v) is 6.87. The van der Waals surface area contributed by atoms with Crippen molar-refractivity contribution in [3.05, 3.63) is 54.6 Å². The second-order valence-electron chi connectivity index (χ2n) is 6.87. The summed E-state index contributed by atoms with van der Waals surface area (Å²) in [5.41, 5.74) is 8.31. The Morgan fingerprint density at radius 2 is 2.07 bits per heavy atom. The first-order chi connectivity index (χ1) is 13.2. The van der Waals surface area contributed by atoms with E-state index in [1.165, 1.54) is 0 Å². The molecule has 140 valence electrons. The average Bonchev–Trinajstić information content (AvgIpc) is 3.31. The summed E-state index contributed by atoms with van der Waals surface area (Å²) in [4.78, 5) is 12.6. The van der Waals surface area contributed by atoms with Crippen molar-refractivity contribution in [3.8, 4) is 5.69 Å². The van der Waals surface area contributed by atoms with Crippen molar-refractivity contribution < 1.29 is 4.79 Å². The van der Waals surface area contributed by atoms with E-state index in [9.17, 15) is 4.79 Å². The van der Waals surface area contributed by atoms with Crippen LogP contribution >= 0.6 is 0 Å². The Hall–Kier alpha value is -3.13. The monoisotopic (exact) mass is 365 g/mol. The molecule has 1 aromatic carbocycles. The van der Waals surface area contributed by atoms with Crippen molar-refractivity contribution in [3.63, 3.8) is 0 Å². The van der Waals surface area contributed by atoms with Crippen LogP contribution in [-0.4, -0.2) is 38.6 Å². The quantitative estimate of drug-likeness (QED) is 0.641. The molecule has 0 unspecified atom stereocenters. The topological polar surface area (TPSA) is 103 Å². The normalized spacial score (nSPS) is 15.0. The van der Waals surface area contributed by atoms with Crippen molar-refractivity contribution >= 4 is 17.3 Å². The molecule has 0 saturated carbocycles. The molecule has 0 atom stereocenters. The molecular weight excluding hydrogens is 342 g/mol. The highest BCUT2D eigenvalue weighted by Crippen LogP contribution is 2.17. The number of rotatable bonds is 5. The van der Waals surface area contributed by atoms with Gasteiger partial charge in [-0.3, -0.25) is 9.48 Å². The molecule has 0 spiro atoms. The number of benzene rings is 1. The van der Waals surface area contributed by atoms with E-state index >= 15 is 0 Å². The predicted octanol–water partition coefficient (Wildman–Crippen LogP) is 1.90. The van der Waals surface area contributed by atoms with Gasteiger partial charge in [-0.2, -0.15) is 10.2 Å². The number of nitrogens with zero attached hydrogens (tertiary/aromatic N) is 4. The van der Waals surface area contributed by atoms with E-state index in [0.717, 1.165) is 38.2 Å². The maximum atomic E-state index is 12.6. The van der Waals surface area contributed by atoms with Crippen LogP contribution in [0.1, 0.15) is 23.2 Å². The highest BCUT2D eigenvalue weighted by atomic mass is 16.1. The third-order valence-corrected chi connectivity index (χ3v) is 4.77. The fraction of sp³-hybridized carbons (Fsp3) is 0.316. The predicted molar refractivity (Wildman–Crippen MR) is 104 cm³/mol. The summed E-state index contributed by atoms with van der Waals surface area (Å²) < 4.78 is 3.55. The molecule has 0 radical (unpaired) electrons. The summed E-state index contributed by atoms with van der Waals surface area (Å²) in [7, 11) is 0. The molecule has 8 nitrogen and oxygen atoms in total. The zero-order chi connectivity index (χ0) is 18.6. The number of carbonyl (C=O) groups excluding carboxylic acids is 1. The van der Waals surface area contributed by atoms with Crippen molar-refractivity contribution in [1.82, 2.24) is 24.9 Å². The molecule has 27 heavy (non-hydrogen) atoms. The van der Waals surface area contributed by atoms with Crippen LogP contribution in [0.3, 0.4) is 0 Å². The van der Waals surface area contributed by atoms with Crippen LogP contribution in [-0.2, 0) is 6.54 Å². The molecular formula is C19H23N7O. The number of anilines is 2. The maximum absolute atomic E-state index is 12.6. The summed E-state index contributed by atoms with van der Waals surface area (Å²) in [6.07, 6.45) is 9.18. The third-order valence-electron chi connectivity index (χ3n) is 4.77. The van der Waals surface area contributed by atoms with Gasteiger partial charge in [-0.15, -0.1) is 0 Å². The number of amides is 1. The van der Waals surface area contributed by atoms with E-state index in [1.54, 1.807) is 35.4 Å². The number of aromatic nitrogens is 4. The minimum absolute atomic E-state index is 0.182. The van der Waals surface area contributed by atoms with E-state index in [0.29, 0.717) is 22.9 Å². The first kappa shape index (κ1) is 17.3. The number of hydrogen-bond donors (Lipinski definition) is 3. The van der Waals surface area contributed by atoms with Gasteiger partial charge in [0.25, 0.3) is 5.91 Å². The van der Waals surface area contributed by atoms with E-state index in [4.69, 9.17) is 5.73 Å². The lowest BCUT2D eigenvalue weighted by Gasteiger charge is -2.22. The van der Waals surface area contributed by atoms with Crippen molar-refractivity contribution in [2.75, 3.05) is 24.1 Å². The molecule has 1 aliphatic rings. The molecule has 1 fully saturated rings. The number of nitrogens with two attached hydrogens (primary N) is 1. The minimum Gasteiger partial charge on any atom is -0.396 e. The average molecular weight is 365 g/mol. The van der Waals surface area contributed by atoms with E-state index in [-0.39, 0.29) is 5.91 Å². The molecule has 3 heterocycles. The zero-order valence-corrected chi connectivity index (χ0v) is 15.0. The highest BCUT2D eigenvalue weighted by Gasteiger charge is 2.15. The van der Waals surface area contributed by atoms with Crippen LogP contribution in [0.2, 0.25) is 0 Å². The summed E-state index contributed by atoms with van der Waals surface area (Å²) in [6.45, 7) is 3.01. The van der Waals surface area contributed by atoms with Gasteiger partial charge in [-0.05, 0) is 50.0 Å². The lowest BCUT2D eigenvalue weighted by Crippen LogP contribution is -2.29. The standard InChI is InChI=1S/C19H23N7O/c20-16-9-23-26(12-16)18-3-1-2-15(8-18)19(27)24-17-10-22-25(13-17)11-14-4-6-21-7-5-14/h1-3,8-10,12-14,21H,4-7,11,20H2,(H,24,27). The van der Waals surface area contributed by atoms with Gasteiger partial charge >= 0.3 is 0 Å². The molecule has 4 N–H and O–H groups in total.